The minimum atomic E-state index is 0.146. The smallest absolute Gasteiger partial charge is 0.254 e. The van der Waals surface area contributed by atoms with Crippen molar-refractivity contribution in [1.82, 2.24) is 19.7 Å². The Labute approximate surface area is 118 Å². The summed E-state index contributed by atoms with van der Waals surface area (Å²) in [5.41, 5.74) is 2.69. The van der Waals surface area contributed by atoms with Gasteiger partial charge in [0, 0.05) is 18.7 Å². The lowest BCUT2D eigenvalue weighted by Crippen LogP contribution is -2.35. The highest BCUT2D eigenvalue weighted by Gasteiger charge is 2.19. The zero-order valence-electron chi connectivity index (χ0n) is 11.6. The monoisotopic (exact) mass is 270 g/mol. The molecule has 0 radical (unpaired) electrons. The summed E-state index contributed by atoms with van der Waals surface area (Å²) in [5.74, 6) is 0.146. The minimum Gasteiger partial charge on any atom is -0.339 e. The van der Waals surface area contributed by atoms with Crippen molar-refractivity contribution in [2.45, 2.75) is 26.2 Å². The van der Waals surface area contributed by atoms with E-state index in [1.807, 2.05) is 30.0 Å². The normalized spacial score (nSPS) is 15.3. The highest BCUT2D eigenvalue weighted by molar-refractivity contribution is 5.96. The van der Waals surface area contributed by atoms with Crippen molar-refractivity contribution in [3.63, 3.8) is 0 Å². The number of carbonyl (C=O) groups excluding carboxylic acids is 1. The first-order valence-corrected chi connectivity index (χ1v) is 7.00. The van der Waals surface area contributed by atoms with Gasteiger partial charge in [0.05, 0.1) is 5.69 Å². The van der Waals surface area contributed by atoms with Gasteiger partial charge < -0.3 is 4.90 Å². The molecule has 3 rings (SSSR count). The van der Waals surface area contributed by atoms with Gasteiger partial charge in [-0.1, -0.05) is 0 Å². The lowest BCUT2D eigenvalue weighted by Gasteiger charge is -2.27. The maximum atomic E-state index is 12.5. The summed E-state index contributed by atoms with van der Waals surface area (Å²) in [6.07, 6.45) is 6.61. The van der Waals surface area contributed by atoms with E-state index >= 15 is 0 Å². The Bertz CT molecular complexity index is 600. The number of aryl methyl sites for hydroxylation is 1. The predicted molar refractivity (Wildman–Crippen MR) is 75.9 cm³/mol. The van der Waals surface area contributed by atoms with Crippen LogP contribution in [0.1, 0.15) is 35.2 Å². The van der Waals surface area contributed by atoms with Crippen molar-refractivity contribution in [3.05, 3.63) is 42.0 Å². The Balaban J connectivity index is 1.85. The fourth-order valence-corrected chi connectivity index (χ4v) is 2.64. The number of nitrogens with zero attached hydrogens (tertiary/aromatic N) is 4. The fraction of sp³-hybridized carbons (Fsp3) is 0.400. The summed E-state index contributed by atoms with van der Waals surface area (Å²) < 4.78 is 1.70. The standard InChI is InChI=1S/C15H18N4O/c1-12-9-13(19-11-16-10-17-19)5-6-14(12)15(20)18-7-3-2-4-8-18/h5-6,9-11H,2-4,7-8H2,1H3. The van der Waals surface area contributed by atoms with Crippen LogP contribution in [0.25, 0.3) is 5.69 Å². The second-order valence-corrected chi connectivity index (χ2v) is 5.19. The molecule has 0 bridgehead atoms. The number of likely N-dealkylation sites (tertiary alicyclic amines) is 1. The van der Waals surface area contributed by atoms with Gasteiger partial charge in [0.25, 0.3) is 5.91 Å². The number of aromatic nitrogens is 3. The molecule has 2 heterocycles. The molecule has 2 aromatic rings. The summed E-state index contributed by atoms with van der Waals surface area (Å²) in [6, 6.07) is 5.79. The molecule has 1 aromatic carbocycles. The molecule has 0 saturated carbocycles. The van der Waals surface area contributed by atoms with E-state index in [0.717, 1.165) is 42.7 Å². The first-order chi connectivity index (χ1) is 9.75. The molecule has 1 aromatic heterocycles. The van der Waals surface area contributed by atoms with E-state index < -0.39 is 0 Å². The van der Waals surface area contributed by atoms with Crippen LogP contribution < -0.4 is 0 Å². The third kappa shape index (κ3) is 2.43. The Morgan fingerprint density at radius 1 is 1.20 bits per heavy atom. The predicted octanol–water partition coefficient (Wildman–Crippen LogP) is 2.20. The van der Waals surface area contributed by atoms with E-state index in [2.05, 4.69) is 10.1 Å². The van der Waals surface area contributed by atoms with Crippen LogP contribution in [0.2, 0.25) is 0 Å². The topological polar surface area (TPSA) is 51.0 Å². The van der Waals surface area contributed by atoms with E-state index in [-0.39, 0.29) is 5.91 Å². The van der Waals surface area contributed by atoms with Gasteiger partial charge in [0.15, 0.2) is 0 Å². The molecule has 0 aliphatic carbocycles. The van der Waals surface area contributed by atoms with E-state index in [1.165, 1.54) is 12.7 Å². The molecular weight excluding hydrogens is 252 g/mol. The lowest BCUT2D eigenvalue weighted by atomic mass is 10.0. The molecule has 5 nitrogen and oxygen atoms in total. The molecule has 20 heavy (non-hydrogen) atoms. The average Bonchev–Trinajstić information content (AvgIpc) is 3.01. The number of piperidine rings is 1. The SMILES string of the molecule is Cc1cc(-n2cncn2)ccc1C(=O)N1CCCCC1. The second kappa shape index (κ2) is 5.45. The Morgan fingerprint density at radius 3 is 2.65 bits per heavy atom. The molecule has 0 spiro atoms. The van der Waals surface area contributed by atoms with E-state index in [9.17, 15) is 4.79 Å². The van der Waals surface area contributed by atoms with Crippen LogP contribution in [0.5, 0.6) is 0 Å². The second-order valence-electron chi connectivity index (χ2n) is 5.19. The third-order valence-corrected chi connectivity index (χ3v) is 3.77. The molecule has 1 aliphatic heterocycles. The lowest BCUT2D eigenvalue weighted by molar-refractivity contribution is 0.0723. The maximum absolute atomic E-state index is 12.5. The quantitative estimate of drug-likeness (QED) is 0.840. The van der Waals surface area contributed by atoms with Crippen LogP contribution in [-0.4, -0.2) is 38.7 Å². The molecule has 104 valence electrons. The van der Waals surface area contributed by atoms with Gasteiger partial charge in [-0.3, -0.25) is 4.79 Å². The molecule has 1 saturated heterocycles. The summed E-state index contributed by atoms with van der Waals surface area (Å²) in [7, 11) is 0. The zero-order valence-corrected chi connectivity index (χ0v) is 11.6. The van der Waals surface area contributed by atoms with Crippen LogP contribution in [0.15, 0.2) is 30.9 Å². The summed E-state index contributed by atoms with van der Waals surface area (Å²) >= 11 is 0. The molecular formula is C15H18N4O. The van der Waals surface area contributed by atoms with Gasteiger partial charge in [-0.2, -0.15) is 5.10 Å². The molecule has 1 fully saturated rings. The number of hydrogen-bond donors (Lipinski definition) is 0. The van der Waals surface area contributed by atoms with Crippen molar-refractivity contribution >= 4 is 5.91 Å². The highest BCUT2D eigenvalue weighted by atomic mass is 16.2. The zero-order chi connectivity index (χ0) is 13.9. The van der Waals surface area contributed by atoms with Gasteiger partial charge in [-0.05, 0) is 49.9 Å². The molecule has 0 N–H and O–H groups in total. The first kappa shape index (κ1) is 12.8. The van der Waals surface area contributed by atoms with Crippen molar-refractivity contribution in [2.75, 3.05) is 13.1 Å². The number of rotatable bonds is 2. The van der Waals surface area contributed by atoms with Crippen LogP contribution >= 0.6 is 0 Å². The number of carbonyl (C=O) groups is 1. The van der Waals surface area contributed by atoms with Crippen molar-refractivity contribution in [3.8, 4) is 5.69 Å². The number of benzene rings is 1. The van der Waals surface area contributed by atoms with Crippen LogP contribution in [-0.2, 0) is 0 Å². The number of hydrogen-bond acceptors (Lipinski definition) is 3. The third-order valence-electron chi connectivity index (χ3n) is 3.77. The molecule has 1 amide bonds. The summed E-state index contributed by atoms with van der Waals surface area (Å²) in [6.45, 7) is 3.73. The van der Waals surface area contributed by atoms with E-state index in [0.29, 0.717) is 0 Å². The fourth-order valence-electron chi connectivity index (χ4n) is 2.64. The van der Waals surface area contributed by atoms with Crippen LogP contribution in [0.3, 0.4) is 0 Å². The van der Waals surface area contributed by atoms with Gasteiger partial charge in [-0.15, -0.1) is 0 Å². The molecule has 0 unspecified atom stereocenters. The van der Waals surface area contributed by atoms with E-state index in [4.69, 9.17) is 0 Å². The molecule has 1 aliphatic rings. The Hall–Kier alpha value is -2.17. The average molecular weight is 270 g/mol. The van der Waals surface area contributed by atoms with Crippen LogP contribution in [0.4, 0.5) is 0 Å². The Morgan fingerprint density at radius 2 is 2.00 bits per heavy atom. The largest absolute Gasteiger partial charge is 0.339 e. The Kier molecular flexibility index (Phi) is 3.50. The molecule has 0 atom stereocenters. The van der Waals surface area contributed by atoms with Gasteiger partial charge >= 0.3 is 0 Å². The van der Waals surface area contributed by atoms with Crippen molar-refractivity contribution < 1.29 is 4.79 Å². The molecule has 5 heteroatoms. The highest BCUT2D eigenvalue weighted by Crippen LogP contribution is 2.18. The van der Waals surface area contributed by atoms with Gasteiger partial charge in [0.2, 0.25) is 0 Å². The first-order valence-electron chi connectivity index (χ1n) is 7.00. The minimum absolute atomic E-state index is 0.146. The maximum Gasteiger partial charge on any atom is 0.254 e. The van der Waals surface area contributed by atoms with Crippen molar-refractivity contribution in [2.24, 2.45) is 0 Å². The summed E-state index contributed by atoms with van der Waals surface area (Å²) in [4.78, 5) is 18.4. The van der Waals surface area contributed by atoms with Crippen LogP contribution in [0, 0.1) is 6.92 Å². The van der Waals surface area contributed by atoms with Crippen molar-refractivity contribution in [1.29, 1.82) is 0 Å². The van der Waals surface area contributed by atoms with E-state index in [1.54, 1.807) is 11.0 Å². The van der Waals surface area contributed by atoms with Gasteiger partial charge in [-0.25, -0.2) is 9.67 Å². The van der Waals surface area contributed by atoms with Gasteiger partial charge in [0.1, 0.15) is 12.7 Å². The number of amides is 1. The summed E-state index contributed by atoms with van der Waals surface area (Å²) in [5, 5.41) is 4.10.